The van der Waals surface area contributed by atoms with Crippen molar-refractivity contribution in [3.8, 4) is 11.3 Å². The second kappa shape index (κ2) is 13.9. The highest BCUT2D eigenvalue weighted by Crippen LogP contribution is 2.38. The SMILES string of the molecule is CC(=O)c1ccc(NC(=S)Nc2cccc(SC(C(=O)Nc3nc(-c4ccc(Br)cc4)cs3)c3ccccc3)c2)cc1. The van der Waals surface area contributed by atoms with E-state index in [4.69, 9.17) is 12.2 Å². The summed E-state index contributed by atoms with van der Waals surface area (Å²) in [6.07, 6.45) is 0. The maximum absolute atomic E-state index is 13.6. The number of benzene rings is 4. The van der Waals surface area contributed by atoms with Crippen molar-refractivity contribution < 1.29 is 9.59 Å². The van der Waals surface area contributed by atoms with E-state index in [0.717, 1.165) is 37.6 Å². The number of anilines is 3. The summed E-state index contributed by atoms with van der Waals surface area (Å²) in [5.74, 6) is -0.149. The first-order valence-electron chi connectivity index (χ1n) is 12.9. The highest BCUT2D eigenvalue weighted by molar-refractivity contribution is 9.10. The average molecular weight is 674 g/mol. The molecule has 0 aliphatic carbocycles. The number of thiocarbonyl (C=S) groups is 1. The van der Waals surface area contributed by atoms with E-state index >= 15 is 0 Å². The molecule has 1 unspecified atom stereocenters. The highest BCUT2D eigenvalue weighted by Gasteiger charge is 2.23. The van der Waals surface area contributed by atoms with Crippen molar-refractivity contribution in [2.45, 2.75) is 17.1 Å². The van der Waals surface area contributed by atoms with Crippen LogP contribution in [0.15, 0.2) is 118 Å². The molecule has 0 fully saturated rings. The Morgan fingerprint density at radius 2 is 1.57 bits per heavy atom. The first kappa shape index (κ1) is 29.7. The van der Waals surface area contributed by atoms with Crippen molar-refractivity contribution >= 4 is 84.6 Å². The molecule has 1 heterocycles. The molecule has 5 aromatic rings. The lowest BCUT2D eigenvalue weighted by Crippen LogP contribution is -2.19. The quantitative estimate of drug-likeness (QED) is 0.0818. The molecule has 0 bridgehead atoms. The summed E-state index contributed by atoms with van der Waals surface area (Å²) < 4.78 is 0.996. The van der Waals surface area contributed by atoms with Gasteiger partial charge in [-0.1, -0.05) is 64.5 Å². The number of halogens is 1. The van der Waals surface area contributed by atoms with E-state index in [2.05, 4.69) is 36.9 Å². The summed E-state index contributed by atoms with van der Waals surface area (Å²) in [4.78, 5) is 30.7. The lowest BCUT2D eigenvalue weighted by atomic mass is 10.1. The van der Waals surface area contributed by atoms with Gasteiger partial charge in [-0.3, -0.25) is 9.59 Å². The monoisotopic (exact) mass is 672 g/mol. The summed E-state index contributed by atoms with van der Waals surface area (Å²) in [5.41, 5.74) is 4.87. The second-order valence-corrected chi connectivity index (χ2v) is 12.5. The number of aromatic nitrogens is 1. The maximum Gasteiger partial charge on any atom is 0.244 e. The van der Waals surface area contributed by atoms with Crippen LogP contribution < -0.4 is 16.0 Å². The number of carbonyl (C=O) groups is 2. The van der Waals surface area contributed by atoms with E-state index in [9.17, 15) is 9.59 Å². The minimum absolute atomic E-state index is 0.0103. The van der Waals surface area contributed by atoms with Crippen LogP contribution in [-0.4, -0.2) is 21.8 Å². The van der Waals surface area contributed by atoms with E-state index in [-0.39, 0.29) is 11.7 Å². The number of ketones is 1. The summed E-state index contributed by atoms with van der Waals surface area (Å²) in [5, 5.41) is 11.7. The molecule has 10 heteroatoms. The molecule has 3 N–H and O–H groups in total. The largest absolute Gasteiger partial charge is 0.332 e. The van der Waals surface area contributed by atoms with Crippen molar-refractivity contribution in [1.29, 1.82) is 0 Å². The molecule has 1 atom stereocenters. The molecule has 0 saturated heterocycles. The molecule has 0 aliphatic rings. The Hall–Kier alpha value is -3.83. The number of thioether (sulfide) groups is 1. The van der Waals surface area contributed by atoms with Gasteiger partial charge in [0.2, 0.25) is 5.91 Å². The fourth-order valence-corrected chi connectivity index (χ4v) is 6.33. The number of carbonyl (C=O) groups excluding carboxylic acids is 2. The van der Waals surface area contributed by atoms with Crippen molar-refractivity contribution in [1.82, 2.24) is 4.98 Å². The number of rotatable bonds is 9. The zero-order valence-electron chi connectivity index (χ0n) is 22.3. The number of hydrogen-bond donors (Lipinski definition) is 3. The van der Waals surface area contributed by atoms with Crippen LogP contribution in [0, 0.1) is 0 Å². The first-order valence-corrected chi connectivity index (χ1v) is 15.8. The van der Waals surface area contributed by atoms with Gasteiger partial charge in [0.1, 0.15) is 5.25 Å². The van der Waals surface area contributed by atoms with E-state index < -0.39 is 5.25 Å². The van der Waals surface area contributed by atoms with Crippen LogP contribution in [0.4, 0.5) is 16.5 Å². The predicted molar refractivity (Wildman–Crippen MR) is 182 cm³/mol. The molecular formula is C32H25BrN4O2S3. The van der Waals surface area contributed by atoms with Crippen LogP contribution >= 0.6 is 51.2 Å². The second-order valence-electron chi connectivity index (χ2n) is 9.18. The van der Waals surface area contributed by atoms with Crippen molar-refractivity contribution in [3.05, 3.63) is 124 Å². The van der Waals surface area contributed by atoms with Gasteiger partial charge >= 0.3 is 0 Å². The van der Waals surface area contributed by atoms with Gasteiger partial charge in [0.15, 0.2) is 16.0 Å². The zero-order chi connectivity index (χ0) is 29.5. The zero-order valence-corrected chi connectivity index (χ0v) is 26.4. The molecule has 42 heavy (non-hydrogen) atoms. The van der Waals surface area contributed by atoms with Crippen LogP contribution in [-0.2, 0) is 4.79 Å². The first-order chi connectivity index (χ1) is 20.3. The van der Waals surface area contributed by atoms with E-state index in [1.807, 2.05) is 96.4 Å². The molecular weight excluding hydrogens is 648 g/mol. The molecule has 210 valence electrons. The van der Waals surface area contributed by atoms with Crippen LogP contribution in [0.3, 0.4) is 0 Å². The van der Waals surface area contributed by atoms with Gasteiger partial charge in [-0.25, -0.2) is 4.98 Å². The van der Waals surface area contributed by atoms with Gasteiger partial charge in [0.25, 0.3) is 0 Å². The van der Waals surface area contributed by atoms with Crippen LogP contribution in [0.5, 0.6) is 0 Å². The van der Waals surface area contributed by atoms with Gasteiger partial charge in [0, 0.05) is 37.2 Å². The highest BCUT2D eigenvalue weighted by atomic mass is 79.9. The number of hydrogen-bond acceptors (Lipinski definition) is 6. The molecule has 0 saturated carbocycles. The third-order valence-electron chi connectivity index (χ3n) is 6.11. The Bertz CT molecular complexity index is 1710. The number of nitrogens with one attached hydrogen (secondary N) is 3. The molecule has 1 aromatic heterocycles. The fraction of sp³-hybridized carbons (Fsp3) is 0.0625. The molecule has 5 rings (SSSR count). The van der Waals surface area contributed by atoms with E-state index in [0.29, 0.717) is 15.8 Å². The Labute approximate surface area is 266 Å². The molecule has 0 radical (unpaired) electrons. The molecule has 4 aromatic carbocycles. The molecule has 1 amide bonds. The van der Waals surface area contributed by atoms with E-state index in [1.54, 1.807) is 12.1 Å². The normalized spacial score (nSPS) is 11.4. The van der Waals surface area contributed by atoms with Crippen molar-refractivity contribution in [2.24, 2.45) is 0 Å². The topological polar surface area (TPSA) is 83.1 Å². The number of Topliss-reactive ketones (excluding diaryl/α,β-unsaturated/α-hetero) is 1. The third-order valence-corrected chi connectivity index (χ3v) is 8.85. The van der Waals surface area contributed by atoms with E-state index in [1.165, 1.54) is 30.0 Å². The summed E-state index contributed by atoms with van der Waals surface area (Å²) in [6.45, 7) is 1.53. The Morgan fingerprint density at radius 3 is 2.29 bits per heavy atom. The average Bonchev–Trinajstić information content (AvgIpc) is 3.45. The lowest BCUT2D eigenvalue weighted by molar-refractivity contribution is -0.115. The summed E-state index contributed by atoms with van der Waals surface area (Å²) in [7, 11) is 0. The van der Waals surface area contributed by atoms with Gasteiger partial charge in [-0.15, -0.1) is 23.1 Å². The van der Waals surface area contributed by atoms with Crippen molar-refractivity contribution in [3.63, 3.8) is 0 Å². The Balaban J connectivity index is 1.28. The minimum Gasteiger partial charge on any atom is -0.332 e. The predicted octanol–water partition coefficient (Wildman–Crippen LogP) is 9.06. The number of nitrogens with zero attached hydrogens (tertiary/aromatic N) is 1. The van der Waals surface area contributed by atoms with Crippen LogP contribution in [0.2, 0.25) is 0 Å². The lowest BCUT2D eigenvalue weighted by Gasteiger charge is -2.17. The number of amides is 1. The van der Waals surface area contributed by atoms with Crippen LogP contribution in [0.25, 0.3) is 11.3 Å². The standard InChI is InChI=1S/C32H25BrN4O2S3/c1-20(38)21-12-16-25(17-13-21)34-31(40)35-26-8-5-9-27(18-26)42-29(23-6-3-2-4-7-23)30(39)37-32-36-28(19-41-32)22-10-14-24(33)15-11-22/h2-19,29H,1H3,(H2,34,35,40)(H,36,37,39). The van der Waals surface area contributed by atoms with Gasteiger partial charge in [-0.2, -0.15) is 0 Å². The maximum atomic E-state index is 13.6. The van der Waals surface area contributed by atoms with Gasteiger partial charge in [-0.05, 0) is 79.3 Å². The van der Waals surface area contributed by atoms with Crippen molar-refractivity contribution in [2.75, 3.05) is 16.0 Å². The van der Waals surface area contributed by atoms with Gasteiger partial charge in [0.05, 0.1) is 5.69 Å². The minimum atomic E-state index is -0.508. The molecule has 6 nitrogen and oxygen atoms in total. The number of thiazole rings is 1. The fourth-order valence-electron chi connectivity index (χ4n) is 4.02. The molecule has 0 aliphatic heterocycles. The summed E-state index contributed by atoms with van der Waals surface area (Å²) in [6, 6.07) is 32.5. The Morgan fingerprint density at radius 1 is 0.857 bits per heavy atom. The Kier molecular flexibility index (Phi) is 9.81. The van der Waals surface area contributed by atoms with Gasteiger partial charge < -0.3 is 16.0 Å². The van der Waals surface area contributed by atoms with Crippen LogP contribution in [0.1, 0.15) is 28.1 Å². The molecule has 0 spiro atoms. The third kappa shape index (κ3) is 7.92. The summed E-state index contributed by atoms with van der Waals surface area (Å²) >= 11 is 11.8. The smallest absolute Gasteiger partial charge is 0.244 e.